The van der Waals surface area contributed by atoms with Crippen LogP contribution in [0.15, 0.2) is 53.4 Å². The maximum atomic E-state index is 13.2. The van der Waals surface area contributed by atoms with Crippen LogP contribution in [0.1, 0.15) is 61.6 Å². The molecule has 2 aromatic carbocycles. The summed E-state index contributed by atoms with van der Waals surface area (Å²) < 4.78 is 27.9. The standard InChI is InChI=1S/C27H34N2O3S/c30-26(28-20-27(15-4-5-16-27)24-9-2-1-3-10-24)22-13-17-29(18-14-22)33(31,32)25-12-11-21-7-6-8-23(21)19-25/h1-3,9-12,19,22H,4-8,13-18,20H2,(H,28,30). The highest BCUT2D eigenvalue weighted by Crippen LogP contribution is 2.40. The lowest BCUT2D eigenvalue weighted by molar-refractivity contribution is -0.126. The van der Waals surface area contributed by atoms with Gasteiger partial charge in [0.2, 0.25) is 15.9 Å². The molecule has 0 atom stereocenters. The van der Waals surface area contributed by atoms with Gasteiger partial charge in [0.15, 0.2) is 0 Å². The van der Waals surface area contributed by atoms with E-state index in [2.05, 4.69) is 29.6 Å². The van der Waals surface area contributed by atoms with E-state index in [1.807, 2.05) is 18.2 Å². The number of nitrogens with one attached hydrogen (secondary N) is 1. The molecule has 2 fully saturated rings. The van der Waals surface area contributed by atoms with Gasteiger partial charge in [-0.2, -0.15) is 4.31 Å². The Morgan fingerprint density at radius 2 is 1.64 bits per heavy atom. The number of amides is 1. The molecule has 1 saturated heterocycles. The maximum absolute atomic E-state index is 13.2. The van der Waals surface area contributed by atoms with Crippen LogP contribution in [0.5, 0.6) is 0 Å². The smallest absolute Gasteiger partial charge is 0.243 e. The predicted octanol–water partition coefficient (Wildman–Crippen LogP) is 4.20. The molecule has 1 aliphatic heterocycles. The Hall–Kier alpha value is -2.18. The molecule has 2 aliphatic carbocycles. The Morgan fingerprint density at radius 1 is 0.939 bits per heavy atom. The van der Waals surface area contributed by atoms with E-state index in [9.17, 15) is 13.2 Å². The molecule has 176 valence electrons. The van der Waals surface area contributed by atoms with Crippen molar-refractivity contribution in [2.45, 2.75) is 68.1 Å². The molecule has 1 heterocycles. The summed E-state index contributed by atoms with van der Waals surface area (Å²) in [6, 6.07) is 16.1. The zero-order valence-electron chi connectivity index (χ0n) is 19.3. The van der Waals surface area contributed by atoms with Gasteiger partial charge in [0, 0.05) is 31.0 Å². The van der Waals surface area contributed by atoms with Crippen LogP contribution in [-0.4, -0.2) is 38.3 Å². The zero-order chi connectivity index (χ0) is 22.9. The topological polar surface area (TPSA) is 66.5 Å². The molecule has 3 aliphatic rings. The molecule has 5 nitrogen and oxygen atoms in total. The van der Waals surface area contributed by atoms with Gasteiger partial charge in [0.05, 0.1) is 4.90 Å². The zero-order valence-corrected chi connectivity index (χ0v) is 20.1. The monoisotopic (exact) mass is 466 g/mol. The number of piperidine rings is 1. The molecule has 1 amide bonds. The third-order valence-electron chi connectivity index (χ3n) is 8.08. The van der Waals surface area contributed by atoms with Crippen molar-refractivity contribution in [3.8, 4) is 0 Å². The number of hydrogen-bond donors (Lipinski definition) is 1. The third kappa shape index (κ3) is 4.47. The van der Waals surface area contributed by atoms with Gasteiger partial charge in [-0.1, -0.05) is 49.2 Å². The first-order valence-electron chi connectivity index (χ1n) is 12.4. The highest BCUT2D eigenvalue weighted by Gasteiger charge is 2.37. The SMILES string of the molecule is O=C(NCC1(c2ccccc2)CCCC1)C1CCN(S(=O)(=O)c2ccc3c(c2)CCC3)CC1. The average Bonchev–Trinajstić information content (AvgIpc) is 3.53. The quantitative estimate of drug-likeness (QED) is 0.694. The van der Waals surface area contributed by atoms with Gasteiger partial charge in [-0.05, 0) is 73.8 Å². The lowest BCUT2D eigenvalue weighted by Crippen LogP contribution is -2.45. The van der Waals surface area contributed by atoms with Gasteiger partial charge >= 0.3 is 0 Å². The number of hydrogen-bond acceptors (Lipinski definition) is 3. The normalized spacial score (nSPS) is 21.1. The van der Waals surface area contributed by atoms with Crippen molar-refractivity contribution in [3.63, 3.8) is 0 Å². The second kappa shape index (κ2) is 9.22. The van der Waals surface area contributed by atoms with E-state index in [1.165, 1.54) is 29.5 Å². The number of carbonyl (C=O) groups is 1. The van der Waals surface area contributed by atoms with Gasteiger partial charge in [-0.25, -0.2) is 8.42 Å². The number of aryl methyl sites for hydroxylation is 2. The van der Waals surface area contributed by atoms with Gasteiger partial charge in [-0.15, -0.1) is 0 Å². The summed E-state index contributed by atoms with van der Waals surface area (Å²) in [5.41, 5.74) is 3.80. The largest absolute Gasteiger partial charge is 0.355 e. The molecule has 6 heteroatoms. The van der Waals surface area contributed by atoms with Crippen LogP contribution in [-0.2, 0) is 33.1 Å². The first-order valence-corrected chi connectivity index (χ1v) is 13.9. The minimum atomic E-state index is -3.50. The van der Waals surface area contributed by atoms with Crippen LogP contribution in [0.3, 0.4) is 0 Å². The molecular formula is C27H34N2O3S. The lowest BCUT2D eigenvalue weighted by atomic mass is 9.78. The number of benzene rings is 2. The van der Waals surface area contributed by atoms with Crippen molar-refractivity contribution in [1.29, 1.82) is 0 Å². The summed E-state index contributed by atoms with van der Waals surface area (Å²) in [4.78, 5) is 13.4. The molecular weight excluding hydrogens is 432 g/mol. The first kappa shape index (κ1) is 22.6. The van der Waals surface area contributed by atoms with Crippen molar-refractivity contribution < 1.29 is 13.2 Å². The van der Waals surface area contributed by atoms with E-state index >= 15 is 0 Å². The van der Waals surface area contributed by atoms with E-state index in [-0.39, 0.29) is 17.2 Å². The maximum Gasteiger partial charge on any atom is 0.243 e. The molecule has 2 aromatic rings. The molecule has 1 N–H and O–H groups in total. The van der Waals surface area contributed by atoms with Crippen LogP contribution in [0.2, 0.25) is 0 Å². The van der Waals surface area contributed by atoms with E-state index in [0.29, 0.717) is 37.4 Å². The number of fused-ring (bicyclic) bond motifs is 1. The summed E-state index contributed by atoms with van der Waals surface area (Å²) in [7, 11) is -3.50. The van der Waals surface area contributed by atoms with Gasteiger partial charge in [-0.3, -0.25) is 4.79 Å². The van der Waals surface area contributed by atoms with Gasteiger partial charge in [0.1, 0.15) is 0 Å². The summed E-state index contributed by atoms with van der Waals surface area (Å²) in [6.45, 7) is 1.48. The van der Waals surface area contributed by atoms with E-state index in [1.54, 1.807) is 10.4 Å². The molecule has 0 spiro atoms. The molecule has 1 saturated carbocycles. The summed E-state index contributed by atoms with van der Waals surface area (Å²) in [6.07, 6.45) is 8.87. The minimum absolute atomic E-state index is 0.0362. The first-order chi connectivity index (χ1) is 16.0. The molecule has 0 unspecified atom stereocenters. The molecule has 5 rings (SSSR count). The number of sulfonamides is 1. The fourth-order valence-electron chi connectivity index (χ4n) is 6.03. The lowest BCUT2D eigenvalue weighted by Gasteiger charge is -2.33. The van der Waals surface area contributed by atoms with Crippen molar-refractivity contribution >= 4 is 15.9 Å². The van der Waals surface area contributed by atoms with E-state index in [4.69, 9.17) is 0 Å². The van der Waals surface area contributed by atoms with Gasteiger partial charge in [0.25, 0.3) is 0 Å². The van der Waals surface area contributed by atoms with Crippen molar-refractivity contribution in [2.24, 2.45) is 5.92 Å². The summed E-state index contributed by atoms with van der Waals surface area (Å²) in [5, 5.41) is 3.24. The second-order valence-corrected chi connectivity index (χ2v) is 12.0. The van der Waals surface area contributed by atoms with E-state index < -0.39 is 10.0 Å². The fraction of sp³-hybridized carbons (Fsp3) is 0.519. The Kier molecular flexibility index (Phi) is 6.32. The summed E-state index contributed by atoms with van der Waals surface area (Å²) in [5.74, 6) is -0.0440. The second-order valence-electron chi connectivity index (χ2n) is 10.0. The van der Waals surface area contributed by atoms with Crippen molar-refractivity contribution in [1.82, 2.24) is 9.62 Å². The highest BCUT2D eigenvalue weighted by atomic mass is 32.2. The van der Waals surface area contributed by atoms with Crippen LogP contribution < -0.4 is 5.32 Å². The Labute approximate surface area is 197 Å². The number of carbonyl (C=O) groups excluding carboxylic acids is 1. The van der Waals surface area contributed by atoms with Crippen molar-refractivity contribution in [2.75, 3.05) is 19.6 Å². The molecule has 0 radical (unpaired) electrons. The Bertz CT molecular complexity index is 1100. The van der Waals surface area contributed by atoms with Crippen LogP contribution >= 0.6 is 0 Å². The van der Waals surface area contributed by atoms with Crippen LogP contribution in [0.25, 0.3) is 0 Å². The molecule has 33 heavy (non-hydrogen) atoms. The fourth-order valence-corrected chi connectivity index (χ4v) is 7.55. The summed E-state index contributed by atoms with van der Waals surface area (Å²) >= 11 is 0. The third-order valence-corrected chi connectivity index (χ3v) is 9.97. The van der Waals surface area contributed by atoms with E-state index in [0.717, 1.165) is 32.1 Å². The average molecular weight is 467 g/mol. The highest BCUT2D eigenvalue weighted by molar-refractivity contribution is 7.89. The Balaban J connectivity index is 1.19. The molecule has 0 bridgehead atoms. The van der Waals surface area contributed by atoms with Gasteiger partial charge < -0.3 is 5.32 Å². The minimum Gasteiger partial charge on any atom is -0.355 e. The predicted molar refractivity (Wildman–Crippen MR) is 130 cm³/mol. The van der Waals surface area contributed by atoms with Crippen LogP contribution in [0, 0.1) is 5.92 Å². The van der Waals surface area contributed by atoms with Crippen molar-refractivity contribution in [3.05, 3.63) is 65.2 Å². The number of nitrogens with zero attached hydrogens (tertiary/aromatic N) is 1. The number of rotatable bonds is 6. The Morgan fingerprint density at radius 3 is 2.36 bits per heavy atom. The molecule has 0 aromatic heterocycles. The van der Waals surface area contributed by atoms with Crippen LogP contribution in [0.4, 0.5) is 0 Å².